The van der Waals surface area contributed by atoms with Crippen molar-refractivity contribution in [1.82, 2.24) is 0 Å². The summed E-state index contributed by atoms with van der Waals surface area (Å²) in [6, 6.07) is 9.40. The molecule has 0 unspecified atom stereocenters. The van der Waals surface area contributed by atoms with Crippen molar-refractivity contribution in [2.45, 2.75) is 0 Å². The minimum atomic E-state index is -1.22. The van der Waals surface area contributed by atoms with Gasteiger partial charge in [0.1, 0.15) is 11.8 Å². The maximum absolute atomic E-state index is 11.5. The summed E-state index contributed by atoms with van der Waals surface area (Å²) in [5, 5.41) is 27.6. The van der Waals surface area contributed by atoms with E-state index in [9.17, 15) is 19.8 Å². The van der Waals surface area contributed by atoms with Crippen molar-refractivity contribution < 1.29 is 19.8 Å². The number of carbonyl (C=O) groups excluding carboxylic acids is 2. The highest BCUT2D eigenvalue weighted by Crippen LogP contribution is 2.12. The first-order valence-corrected chi connectivity index (χ1v) is 5.11. The Bertz CT molecular complexity index is 609. The number of ketones is 1. The van der Waals surface area contributed by atoms with Gasteiger partial charge in [-0.15, -0.1) is 0 Å². The zero-order chi connectivity index (χ0) is 14.4. The molecule has 0 aliphatic carbocycles. The molecule has 1 amide bonds. The number of benzene rings is 1. The molecule has 0 aromatic heterocycles. The van der Waals surface area contributed by atoms with E-state index in [0.29, 0.717) is 11.6 Å². The van der Waals surface area contributed by atoms with Gasteiger partial charge in [-0.1, -0.05) is 30.3 Å². The van der Waals surface area contributed by atoms with Gasteiger partial charge in [0.25, 0.3) is 5.91 Å². The molecule has 0 spiro atoms. The Morgan fingerprint density at radius 3 is 2.26 bits per heavy atom. The number of nitrogens with two attached hydrogens (primary N) is 1. The number of hydrogen-bond donors (Lipinski definition) is 3. The summed E-state index contributed by atoms with van der Waals surface area (Å²) in [4.78, 5) is 22.3. The van der Waals surface area contributed by atoms with E-state index in [2.05, 4.69) is 0 Å². The molecule has 1 rings (SSSR count). The van der Waals surface area contributed by atoms with Crippen molar-refractivity contribution in [3.63, 3.8) is 0 Å². The van der Waals surface area contributed by atoms with Gasteiger partial charge >= 0.3 is 0 Å². The van der Waals surface area contributed by atoms with Crippen LogP contribution in [0, 0.1) is 11.3 Å². The highest BCUT2D eigenvalue weighted by Gasteiger charge is 2.17. The molecule has 0 saturated carbocycles. The topological polar surface area (TPSA) is 124 Å². The number of nitrogens with zero attached hydrogens (tertiary/aromatic N) is 1. The molecule has 0 heterocycles. The SMILES string of the molecule is N#C/C(C(N)=O)=C(/O)C(=O)C=C(O)c1ccccc1. The first kappa shape index (κ1) is 14.0. The Kier molecular flexibility index (Phi) is 4.44. The second-order valence-electron chi connectivity index (χ2n) is 3.46. The molecule has 0 aliphatic heterocycles. The van der Waals surface area contributed by atoms with Crippen LogP contribution < -0.4 is 5.73 Å². The monoisotopic (exact) mass is 258 g/mol. The number of hydrogen-bond acceptors (Lipinski definition) is 5. The first-order chi connectivity index (χ1) is 8.97. The second kappa shape index (κ2) is 6.02. The average Bonchev–Trinajstić information content (AvgIpc) is 2.39. The van der Waals surface area contributed by atoms with Crippen LogP contribution in [0.3, 0.4) is 0 Å². The Morgan fingerprint density at radius 2 is 1.79 bits per heavy atom. The third kappa shape index (κ3) is 3.44. The molecule has 0 bridgehead atoms. The summed E-state index contributed by atoms with van der Waals surface area (Å²) < 4.78 is 0. The largest absolute Gasteiger partial charge is 0.507 e. The predicted molar refractivity (Wildman–Crippen MR) is 66.5 cm³/mol. The molecular formula is C13H10N2O4. The van der Waals surface area contributed by atoms with Gasteiger partial charge in [0.15, 0.2) is 11.3 Å². The van der Waals surface area contributed by atoms with E-state index < -0.39 is 28.8 Å². The molecule has 4 N–H and O–H groups in total. The van der Waals surface area contributed by atoms with Crippen LogP contribution in [-0.2, 0) is 9.59 Å². The van der Waals surface area contributed by atoms with Crippen LogP contribution in [0.4, 0.5) is 0 Å². The number of rotatable bonds is 4. The average molecular weight is 258 g/mol. The van der Waals surface area contributed by atoms with Crippen molar-refractivity contribution in [2.24, 2.45) is 5.73 Å². The molecule has 0 fully saturated rings. The van der Waals surface area contributed by atoms with E-state index >= 15 is 0 Å². The number of allylic oxidation sites excluding steroid dienone is 1. The quantitative estimate of drug-likeness (QED) is 0.421. The molecule has 19 heavy (non-hydrogen) atoms. The van der Waals surface area contributed by atoms with Crippen LogP contribution in [0.25, 0.3) is 5.76 Å². The Labute approximate surface area is 108 Å². The highest BCUT2D eigenvalue weighted by atomic mass is 16.3. The van der Waals surface area contributed by atoms with E-state index in [4.69, 9.17) is 11.0 Å². The van der Waals surface area contributed by atoms with E-state index in [1.54, 1.807) is 30.3 Å². The van der Waals surface area contributed by atoms with Gasteiger partial charge in [-0.3, -0.25) is 9.59 Å². The van der Waals surface area contributed by atoms with E-state index in [-0.39, 0.29) is 0 Å². The normalized spacial score (nSPS) is 12.3. The van der Waals surface area contributed by atoms with Crippen LogP contribution in [0.2, 0.25) is 0 Å². The van der Waals surface area contributed by atoms with E-state index in [0.717, 1.165) is 0 Å². The summed E-state index contributed by atoms with van der Waals surface area (Å²) in [5.41, 5.74) is 4.30. The maximum Gasteiger partial charge on any atom is 0.263 e. The number of carbonyl (C=O) groups is 2. The third-order valence-electron chi connectivity index (χ3n) is 2.17. The lowest BCUT2D eigenvalue weighted by atomic mass is 10.1. The van der Waals surface area contributed by atoms with Gasteiger partial charge < -0.3 is 15.9 Å². The fourth-order valence-corrected chi connectivity index (χ4v) is 1.23. The van der Waals surface area contributed by atoms with Gasteiger partial charge in [-0.25, -0.2) is 0 Å². The van der Waals surface area contributed by atoms with Crippen molar-refractivity contribution in [1.29, 1.82) is 5.26 Å². The van der Waals surface area contributed by atoms with E-state index in [1.165, 1.54) is 6.07 Å². The van der Waals surface area contributed by atoms with Gasteiger partial charge in [0, 0.05) is 11.6 Å². The van der Waals surface area contributed by atoms with Gasteiger partial charge in [0.05, 0.1) is 0 Å². The summed E-state index contributed by atoms with van der Waals surface area (Å²) in [5.74, 6) is -3.81. The molecule has 96 valence electrons. The van der Waals surface area contributed by atoms with Gasteiger partial charge in [-0.05, 0) is 0 Å². The summed E-state index contributed by atoms with van der Waals surface area (Å²) in [6.45, 7) is 0. The molecule has 0 saturated heterocycles. The first-order valence-electron chi connectivity index (χ1n) is 5.11. The molecular weight excluding hydrogens is 248 g/mol. The van der Waals surface area contributed by atoms with E-state index in [1.807, 2.05) is 0 Å². The van der Waals surface area contributed by atoms with Crippen molar-refractivity contribution in [2.75, 3.05) is 0 Å². The molecule has 0 radical (unpaired) electrons. The molecule has 6 nitrogen and oxygen atoms in total. The molecule has 6 heteroatoms. The van der Waals surface area contributed by atoms with Crippen molar-refractivity contribution in [3.05, 3.63) is 53.3 Å². The molecule has 1 aromatic carbocycles. The number of amides is 1. The number of aliphatic hydroxyl groups is 2. The molecule has 1 aromatic rings. The minimum absolute atomic E-state index is 0.348. The maximum atomic E-state index is 11.5. The van der Waals surface area contributed by atoms with Gasteiger partial charge in [0.2, 0.25) is 5.78 Å². The van der Waals surface area contributed by atoms with Gasteiger partial charge in [-0.2, -0.15) is 5.26 Å². The smallest absolute Gasteiger partial charge is 0.263 e. The fourth-order valence-electron chi connectivity index (χ4n) is 1.23. The molecule has 0 atom stereocenters. The highest BCUT2D eigenvalue weighted by molar-refractivity contribution is 6.12. The van der Waals surface area contributed by atoms with Crippen LogP contribution in [0.5, 0.6) is 0 Å². The van der Waals surface area contributed by atoms with Crippen molar-refractivity contribution >= 4 is 17.4 Å². The van der Waals surface area contributed by atoms with Crippen LogP contribution in [0.15, 0.2) is 47.7 Å². The zero-order valence-corrected chi connectivity index (χ0v) is 9.70. The minimum Gasteiger partial charge on any atom is -0.507 e. The molecule has 0 aliphatic rings. The van der Waals surface area contributed by atoms with Crippen LogP contribution in [-0.4, -0.2) is 21.9 Å². The Balaban J connectivity index is 3.10. The second-order valence-corrected chi connectivity index (χ2v) is 3.46. The third-order valence-corrected chi connectivity index (χ3v) is 2.17. The lowest BCUT2D eigenvalue weighted by molar-refractivity contribution is -0.116. The lowest BCUT2D eigenvalue weighted by Crippen LogP contribution is -2.17. The summed E-state index contributed by atoms with van der Waals surface area (Å²) in [7, 11) is 0. The Hall–Kier alpha value is -3.07. The van der Waals surface area contributed by atoms with Crippen LogP contribution in [0.1, 0.15) is 5.56 Å². The number of nitriles is 1. The predicted octanol–water partition coefficient (Wildman–Crippen LogP) is 0.976. The number of primary amides is 1. The fraction of sp³-hybridized carbons (Fsp3) is 0. The van der Waals surface area contributed by atoms with Crippen molar-refractivity contribution in [3.8, 4) is 6.07 Å². The zero-order valence-electron chi connectivity index (χ0n) is 9.70. The standard InChI is InChI=1S/C13H10N2O4/c14-7-9(13(15)19)12(18)11(17)6-10(16)8-4-2-1-3-5-8/h1-6,16,18H,(H2,15,19)/b10-6?,12-9-. The lowest BCUT2D eigenvalue weighted by Gasteiger charge is -2.00. The number of aliphatic hydroxyl groups excluding tert-OH is 2. The Morgan fingerprint density at radius 1 is 1.21 bits per heavy atom. The van der Waals surface area contributed by atoms with Crippen LogP contribution >= 0.6 is 0 Å². The summed E-state index contributed by atoms with van der Waals surface area (Å²) in [6.07, 6.45) is 0.699. The summed E-state index contributed by atoms with van der Waals surface area (Å²) >= 11 is 0.